The Labute approximate surface area is 147 Å². The van der Waals surface area contributed by atoms with Gasteiger partial charge in [-0.25, -0.2) is 0 Å². The summed E-state index contributed by atoms with van der Waals surface area (Å²) in [6.07, 6.45) is -0.548. The minimum atomic E-state index is -0.548. The first-order valence-electron chi connectivity index (χ1n) is 7.79. The molecule has 1 fully saturated rings. The summed E-state index contributed by atoms with van der Waals surface area (Å²) < 4.78 is 0. The van der Waals surface area contributed by atoms with Crippen LogP contribution in [0.15, 0.2) is 48.5 Å². The van der Waals surface area contributed by atoms with E-state index in [2.05, 4.69) is 34.1 Å². The van der Waals surface area contributed by atoms with Gasteiger partial charge in [-0.3, -0.25) is 4.90 Å². The Hall–Kier alpha value is -1.26. The molecule has 5 heteroatoms. The van der Waals surface area contributed by atoms with Gasteiger partial charge in [0.1, 0.15) is 0 Å². The van der Waals surface area contributed by atoms with Gasteiger partial charge in [-0.2, -0.15) is 0 Å². The van der Waals surface area contributed by atoms with Crippen LogP contribution in [0.5, 0.6) is 0 Å². The van der Waals surface area contributed by atoms with Crippen LogP contribution in [0, 0.1) is 0 Å². The Balaban J connectivity index is 1.55. The second-order valence-electron chi connectivity index (χ2n) is 5.81. The number of β-amino-alcohol motifs (C(OH)–C–C–N with tert-alkyl or cyclic N) is 1. The van der Waals surface area contributed by atoms with Crippen molar-refractivity contribution in [2.75, 3.05) is 37.6 Å². The molecule has 0 spiro atoms. The van der Waals surface area contributed by atoms with Gasteiger partial charge in [0.25, 0.3) is 0 Å². The summed E-state index contributed by atoms with van der Waals surface area (Å²) in [5.41, 5.74) is 2.07. The van der Waals surface area contributed by atoms with E-state index in [1.54, 1.807) is 12.1 Å². The molecule has 1 saturated heterocycles. The van der Waals surface area contributed by atoms with Gasteiger partial charge in [-0.1, -0.05) is 47.5 Å². The number of hydrogen-bond donors (Lipinski definition) is 1. The Bertz CT molecular complexity index is 643. The fourth-order valence-corrected chi connectivity index (χ4v) is 3.20. The summed E-state index contributed by atoms with van der Waals surface area (Å²) >= 11 is 11.9. The van der Waals surface area contributed by atoms with E-state index < -0.39 is 6.10 Å². The highest BCUT2D eigenvalue weighted by atomic mass is 35.5. The van der Waals surface area contributed by atoms with Crippen molar-refractivity contribution >= 4 is 28.9 Å². The van der Waals surface area contributed by atoms with Gasteiger partial charge in [-0.05, 0) is 29.8 Å². The molecule has 1 N–H and O–H groups in total. The summed E-state index contributed by atoms with van der Waals surface area (Å²) in [7, 11) is 0. The third-order valence-electron chi connectivity index (χ3n) is 4.25. The highest BCUT2D eigenvalue weighted by Crippen LogP contribution is 2.26. The molecule has 1 unspecified atom stereocenters. The van der Waals surface area contributed by atoms with E-state index in [9.17, 15) is 5.11 Å². The molecule has 2 aromatic rings. The maximum Gasteiger partial charge on any atom is 0.0917 e. The third-order valence-corrected chi connectivity index (χ3v) is 4.99. The van der Waals surface area contributed by atoms with Gasteiger partial charge >= 0.3 is 0 Å². The smallest absolute Gasteiger partial charge is 0.0917 e. The Morgan fingerprint density at radius 1 is 0.913 bits per heavy atom. The quantitative estimate of drug-likeness (QED) is 0.907. The average Bonchev–Trinajstić information content (AvgIpc) is 2.59. The van der Waals surface area contributed by atoms with Crippen LogP contribution < -0.4 is 4.90 Å². The predicted octanol–water partition coefficient (Wildman–Crippen LogP) is 3.85. The highest BCUT2D eigenvalue weighted by molar-refractivity contribution is 6.42. The molecule has 0 radical (unpaired) electrons. The van der Waals surface area contributed by atoms with Crippen molar-refractivity contribution in [2.45, 2.75) is 6.10 Å². The molecule has 1 heterocycles. The maximum absolute atomic E-state index is 10.4. The number of aliphatic hydroxyl groups excluding tert-OH is 1. The largest absolute Gasteiger partial charge is 0.387 e. The monoisotopic (exact) mass is 350 g/mol. The van der Waals surface area contributed by atoms with Crippen molar-refractivity contribution in [3.05, 3.63) is 64.1 Å². The number of benzene rings is 2. The van der Waals surface area contributed by atoms with Crippen LogP contribution >= 0.6 is 23.2 Å². The van der Waals surface area contributed by atoms with Crippen molar-refractivity contribution < 1.29 is 5.11 Å². The van der Waals surface area contributed by atoms with Crippen LogP contribution in [0.1, 0.15) is 11.7 Å². The SMILES string of the molecule is OC(CN1CCN(c2ccccc2)CC1)c1ccc(Cl)c(Cl)c1. The molecule has 0 saturated carbocycles. The molecule has 23 heavy (non-hydrogen) atoms. The zero-order chi connectivity index (χ0) is 16.2. The number of halogens is 2. The number of para-hydroxylation sites is 1. The van der Waals surface area contributed by atoms with Gasteiger partial charge in [0.2, 0.25) is 0 Å². The maximum atomic E-state index is 10.4. The van der Waals surface area contributed by atoms with Crippen LogP contribution in [0.4, 0.5) is 5.69 Å². The number of anilines is 1. The van der Waals surface area contributed by atoms with E-state index in [-0.39, 0.29) is 0 Å². The van der Waals surface area contributed by atoms with E-state index in [1.165, 1.54) is 5.69 Å². The normalized spacial score (nSPS) is 17.3. The molecule has 0 amide bonds. The van der Waals surface area contributed by atoms with Crippen molar-refractivity contribution in [1.82, 2.24) is 4.90 Å². The summed E-state index contributed by atoms with van der Waals surface area (Å²) in [4.78, 5) is 4.66. The fraction of sp³-hybridized carbons (Fsp3) is 0.333. The first-order valence-corrected chi connectivity index (χ1v) is 8.54. The molecule has 3 rings (SSSR count). The summed E-state index contributed by atoms with van der Waals surface area (Å²) in [6.45, 7) is 4.43. The lowest BCUT2D eigenvalue weighted by atomic mass is 10.1. The van der Waals surface area contributed by atoms with Crippen molar-refractivity contribution in [2.24, 2.45) is 0 Å². The molecule has 3 nitrogen and oxygen atoms in total. The summed E-state index contributed by atoms with van der Waals surface area (Å²) in [6, 6.07) is 15.8. The minimum Gasteiger partial charge on any atom is -0.387 e. The third kappa shape index (κ3) is 4.18. The molecule has 1 aliphatic rings. The summed E-state index contributed by atoms with van der Waals surface area (Å²) in [5.74, 6) is 0. The molecule has 0 aromatic heterocycles. The Kier molecular flexibility index (Phi) is 5.44. The zero-order valence-corrected chi connectivity index (χ0v) is 14.3. The minimum absolute atomic E-state index is 0.483. The lowest BCUT2D eigenvalue weighted by Gasteiger charge is -2.37. The van der Waals surface area contributed by atoms with Crippen LogP contribution in [0.2, 0.25) is 10.0 Å². The van der Waals surface area contributed by atoms with Gasteiger partial charge in [0, 0.05) is 38.4 Å². The van der Waals surface area contributed by atoms with Gasteiger partial charge in [0.05, 0.1) is 16.1 Å². The topological polar surface area (TPSA) is 26.7 Å². The molecular formula is C18H20Cl2N2O. The highest BCUT2D eigenvalue weighted by Gasteiger charge is 2.20. The number of hydrogen-bond acceptors (Lipinski definition) is 3. The van der Waals surface area contributed by atoms with E-state index in [1.807, 2.05) is 12.1 Å². The van der Waals surface area contributed by atoms with Crippen LogP contribution in [0.25, 0.3) is 0 Å². The van der Waals surface area contributed by atoms with Crippen LogP contribution in [0.3, 0.4) is 0 Å². The van der Waals surface area contributed by atoms with Gasteiger partial charge in [0.15, 0.2) is 0 Å². The van der Waals surface area contributed by atoms with Crippen LogP contribution in [-0.2, 0) is 0 Å². The van der Waals surface area contributed by atoms with Crippen molar-refractivity contribution in [1.29, 1.82) is 0 Å². The second-order valence-corrected chi connectivity index (χ2v) is 6.63. The number of nitrogens with zero attached hydrogens (tertiary/aromatic N) is 2. The van der Waals surface area contributed by atoms with Crippen molar-refractivity contribution in [3.8, 4) is 0 Å². The van der Waals surface area contributed by atoms with E-state index in [0.29, 0.717) is 16.6 Å². The molecule has 1 aliphatic heterocycles. The predicted molar refractivity (Wildman–Crippen MR) is 96.5 cm³/mol. The molecule has 122 valence electrons. The second kappa shape index (κ2) is 7.54. The van der Waals surface area contributed by atoms with Crippen LogP contribution in [-0.4, -0.2) is 42.7 Å². The average molecular weight is 351 g/mol. The Morgan fingerprint density at radius 3 is 2.26 bits per heavy atom. The molecule has 0 bridgehead atoms. The molecule has 2 aromatic carbocycles. The van der Waals surface area contributed by atoms with Gasteiger partial charge < -0.3 is 10.0 Å². The number of piperazine rings is 1. The zero-order valence-electron chi connectivity index (χ0n) is 12.8. The fourth-order valence-electron chi connectivity index (χ4n) is 2.90. The standard InChI is InChI=1S/C18H20Cl2N2O/c19-16-7-6-14(12-17(16)20)18(23)13-21-8-10-22(11-9-21)15-4-2-1-3-5-15/h1-7,12,18,23H,8-11,13H2. The summed E-state index contributed by atoms with van der Waals surface area (Å²) in [5, 5.41) is 11.4. The van der Waals surface area contributed by atoms with E-state index >= 15 is 0 Å². The number of rotatable bonds is 4. The van der Waals surface area contributed by atoms with Gasteiger partial charge in [-0.15, -0.1) is 0 Å². The van der Waals surface area contributed by atoms with E-state index in [4.69, 9.17) is 23.2 Å². The lowest BCUT2D eigenvalue weighted by Crippen LogP contribution is -2.47. The molecule has 1 atom stereocenters. The molecule has 0 aliphatic carbocycles. The number of aliphatic hydroxyl groups is 1. The first kappa shape index (κ1) is 16.6. The Morgan fingerprint density at radius 2 is 1.61 bits per heavy atom. The van der Waals surface area contributed by atoms with Crippen molar-refractivity contribution in [3.63, 3.8) is 0 Å². The lowest BCUT2D eigenvalue weighted by molar-refractivity contribution is 0.109. The first-order chi connectivity index (χ1) is 11.1. The molecular weight excluding hydrogens is 331 g/mol. The van der Waals surface area contributed by atoms with E-state index in [0.717, 1.165) is 31.7 Å².